The van der Waals surface area contributed by atoms with Gasteiger partial charge in [0.2, 0.25) is 6.41 Å². The van der Waals surface area contributed by atoms with Crippen molar-refractivity contribution in [2.24, 2.45) is 5.73 Å². The Bertz CT molecular complexity index is 1120. The molecule has 3 aromatic rings. The van der Waals surface area contributed by atoms with Crippen molar-refractivity contribution in [3.8, 4) is 11.4 Å². The Labute approximate surface area is 200 Å². The van der Waals surface area contributed by atoms with Crippen molar-refractivity contribution in [3.05, 3.63) is 91.8 Å². The topological polar surface area (TPSA) is 86.3 Å². The standard InChI is InChI=1S/C21H19BrF2N2O2.C2H6.CH3NO/c1-13-9-19(28-12-14-7-8-16(23)10-15(14)11-25-2)20(22)21(27)26(13)18-6-4-3-5-17(18)24;1-2;2-1-3/h3-10,25H,11-12H2,1-2H3;1-2H3;1H,(H2,2,3). The molecule has 2 aromatic carbocycles. The van der Waals surface area contributed by atoms with Crippen LogP contribution in [0.4, 0.5) is 8.78 Å². The number of primary amides is 1. The highest BCUT2D eigenvalue weighted by molar-refractivity contribution is 9.10. The van der Waals surface area contributed by atoms with E-state index in [0.717, 1.165) is 11.1 Å². The summed E-state index contributed by atoms with van der Waals surface area (Å²) in [7, 11) is 1.78. The normalized spacial score (nSPS) is 9.79. The molecule has 3 rings (SSSR count). The number of nitrogens with one attached hydrogen (secondary N) is 1. The number of hydrogen-bond donors (Lipinski definition) is 2. The molecule has 3 N–H and O–H groups in total. The third-order valence-electron chi connectivity index (χ3n) is 4.31. The molecule has 0 fully saturated rings. The number of pyridine rings is 1. The number of nitrogens with zero attached hydrogens (tertiary/aromatic N) is 1. The van der Waals surface area contributed by atoms with Crippen molar-refractivity contribution < 1.29 is 18.3 Å². The smallest absolute Gasteiger partial charge is 0.273 e. The third kappa shape index (κ3) is 7.50. The van der Waals surface area contributed by atoms with Crippen LogP contribution in [0.5, 0.6) is 5.75 Å². The highest BCUT2D eigenvalue weighted by atomic mass is 79.9. The molecule has 0 saturated heterocycles. The molecule has 0 aliphatic heterocycles. The Morgan fingerprint density at radius 2 is 1.76 bits per heavy atom. The number of hydrogen-bond acceptors (Lipinski definition) is 4. The summed E-state index contributed by atoms with van der Waals surface area (Å²) in [4.78, 5) is 21.4. The van der Waals surface area contributed by atoms with Crippen LogP contribution in [0.25, 0.3) is 5.69 Å². The van der Waals surface area contributed by atoms with Crippen LogP contribution in [0.3, 0.4) is 0 Å². The first kappa shape index (κ1) is 28.0. The van der Waals surface area contributed by atoms with Gasteiger partial charge < -0.3 is 15.8 Å². The number of halogens is 3. The van der Waals surface area contributed by atoms with Gasteiger partial charge in [0.1, 0.15) is 28.5 Å². The SMILES string of the molecule is CC.CNCc1cc(F)ccc1COc1cc(C)n(-c2ccccc2F)c(=O)c1Br.NC=O. The first-order valence-corrected chi connectivity index (χ1v) is 11.0. The molecule has 1 heterocycles. The molecule has 0 aliphatic rings. The van der Waals surface area contributed by atoms with Gasteiger partial charge in [-0.1, -0.05) is 32.0 Å². The Balaban J connectivity index is 0.00000101. The van der Waals surface area contributed by atoms with Crippen molar-refractivity contribution in [3.63, 3.8) is 0 Å². The highest BCUT2D eigenvalue weighted by Crippen LogP contribution is 2.26. The molecule has 0 aliphatic carbocycles. The molecule has 0 unspecified atom stereocenters. The Hall–Kier alpha value is -3.04. The molecule has 9 heteroatoms. The molecular weight excluding hydrogens is 496 g/mol. The van der Waals surface area contributed by atoms with Crippen LogP contribution in [0, 0.1) is 18.6 Å². The number of nitrogens with two attached hydrogens (primary N) is 1. The van der Waals surface area contributed by atoms with Crippen LogP contribution in [0.15, 0.2) is 57.8 Å². The van der Waals surface area contributed by atoms with Gasteiger partial charge in [0.15, 0.2) is 0 Å². The minimum Gasteiger partial charge on any atom is -0.487 e. The van der Waals surface area contributed by atoms with E-state index < -0.39 is 11.4 Å². The van der Waals surface area contributed by atoms with E-state index in [4.69, 9.17) is 9.53 Å². The van der Waals surface area contributed by atoms with Gasteiger partial charge in [-0.25, -0.2) is 8.78 Å². The fourth-order valence-corrected chi connectivity index (χ4v) is 3.37. The second-order valence-electron chi connectivity index (χ2n) is 6.42. The maximum atomic E-state index is 14.1. The second kappa shape index (κ2) is 14.2. The second-order valence-corrected chi connectivity index (χ2v) is 7.22. The largest absolute Gasteiger partial charge is 0.487 e. The Morgan fingerprint density at radius 3 is 2.36 bits per heavy atom. The molecule has 0 spiro atoms. The van der Waals surface area contributed by atoms with E-state index in [2.05, 4.69) is 27.0 Å². The zero-order valence-corrected chi connectivity index (χ0v) is 20.6. The predicted octanol–water partition coefficient (Wildman–Crippen LogP) is 4.61. The van der Waals surface area contributed by atoms with Gasteiger partial charge in [0, 0.05) is 18.3 Å². The van der Waals surface area contributed by atoms with E-state index in [1.807, 2.05) is 13.8 Å². The monoisotopic (exact) mass is 523 g/mol. The summed E-state index contributed by atoms with van der Waals surface area (Å²) in [6.07, 6.45) is 0.250. The quantitative estimate of drug-likeness (QED) is 0.462. The first-order chi connectivity index (χ1) is 15.8. The summed E-state index contributed by atoms with van der Waals surface area (Å²) in [5.41, 5.74) is 6.03. The molecule has 178 valence electrons. The fraction of sp³-hybridized carbons (Fsp3) is 0.250. The maximum Gasteiger partial charge on any atom is 0.273 e. The number of aryl methyl sites for hydroxylation is 1. The number of ether oxygens (including phenoxy) is 1. The van der Waals surface area contributed by atoms with Gasteiger partial charge in [-0.05, 0) is 65.3 Å². The van der Waals surface area contributed by atoms with Crippen molar-refractivity contribution in [1.29, 1.82) is 0 Å². The molecule has 1 amide bonds. The van der Waals surface area contributed by atoms with Crippen molar-refractivity contribution in [2.75, 3.05) is 7.05 Å². The molecule has 6 nitrogen and oxygen atoms in total. The lowest BCUT2D eigenvalue weighted by Crippen LogP contribution is -2.23. The van der Waals surface area contributed by atoms with Crippen LogP contribution >= 0.6 is 15.9 Å². The lowest BCUT2D eigenvalue weighted by molar-refractivity contribution is -0.106. The number of rotatable bonds is 6. The molecule has 0 atom stereocenters. The number of amides is 1. The Kier molecular flexibility index (Phi) is 12.0. The van der Waals surface area contributed by atoms with E-state index in [-0.39, 0.29) is 29.0 Å². The van der Waals surface area contributed by atoms with Gasteiger partial charge in [0.25, 0.3) is 5.56 Å². The molecule has 1 aromatic heterocycles. The van der Waals surface area contributed by atoms with Crippen molar-refractivity contribution in [1.82, 2.24) is 9.88 Å². The summed E-state index contributed by atoms with van der Waals surface area (Å²) in [5, 5.41) is 2.99. The number of benzene rings is 2. The first-order valence-electron chi connectivity index (χ1n) is 10.2. The maximum absolute atomic E-state index is 14.1. The summed E-state index contributed by atoms with van der Waals surface area (Å²) in [6.45, 7) is 6.36. The molecule has 33 heavy (non-hydrogen) atoms. The predicted molar refractivity (Wildman–Crippen MR) is 130 cm³/mol. The minimum atomic E-state index is -0.490. The van der Waals surface area contributed by atoms with Crippen LogP contribution in [0.1, 0.15) is 30.7 Å². The zero-order chi connectivity index (χ0) is 25.0. The number of carbonyl (C=O) groups is 1. The summed E-state index contributed by atoms with van der Waals surface area (Å²) < 4.78 is 34.9. The van der Waals surface area contributed by atoms with Gasteiger partial charge in [-0.3, -0.25) is 14.2 Å². The molecule has 0 saturated carbocycles. The van der Waals surface area contributed by atoms with E-state index >= 15 is 0 Å². The van der Waals surface area contributed by atoms with Crippen LogP contribution in [-0.4, -0.2) is 18.0 Å². The Morgan fingerprint density at radius 1 is 1.12 bits per heavy atom. The number of para-hydroxylation sites is 1. The fourth-order valence-electron chi connectivity index (χ4n) is 2.96. The molecule has 0 bridgehead atoms. The summed E-state index contributed by atoms with van der Waals surface area (Å²) in [6, 6.07) is 12.2. The highest BCUT2D eigenvalue weighted by Gasteiger charge is 2.16. The molecular formula is C24H28BrF2N3O3. The van der Waals surface area contributed by atoms with Crippen molar-refractivity contribution in [2.45, 2.75) is 33.9 Å². The zero-order valence-electron chi connectivity index (χ0n) is 19.0. The summed E-state index contributed by atoms with van der Waals surface area (Å²) >= 11 is 3.27. The lowest BCUT2D eigenvalue weighted by Gasteiger charge is -2.16. The van der Waals surface area contributed by atoms with E-state index in [1.54, 1.807) is 44.3 Å². The van der Waals surface area contributed by atoms with Crippen LogP contribution in [0.2, 0.25) is 0 Å². The van der Waals surface area contributed by atoms with Crippen LogP contribution < -0.4 is 21.3 Å². The van der Waals surface area contributed by atoms with E-state index in [1.165, 1.54) is 22.8 Å². The lowest BCUT2D eigenvalue weighted by atomic mass is 10.1. The van der Waals surface area contributed by atoms with E-state index in [9.17, 15) is 13.6 Å². The van der Waals surface area contributed by atoms with E-state index in [0.29, 0.717) is 18.0 Å². The van der Waals surface area contributed by atoms with Gasteiger partial charge in [-0.15, -0.1) is 0 Å². The van der Waals surface area contributed by atoms with Gasteiger partial charge >= 0.3 is 0 Å². The molecule has 0 radical (unpaired) electrons. The third-order valence-corrected chi connectivity index (χ3v) is 5.04. The summed E-state index contributed by atoms with van der Waals surface area (Å²) in [5.74, 6) is -0.468. The average molecular weight is 524 g/mol. The average Bonchev–Trinajstić information content (AvgIpc) is 2.80. The minimum absolute atomic E-state index is 0.165. The van der Waals surface area contributed by atoms with Crippen LogP contribution in [-0.2, 0) is 17.9 Å². The van der Waals surface area contributed by atoms with Crippen molar-refractivity contribution >= 4 is 22.3 Å². The number of aromatic nitrogens is 1. The van der Waals surface area contributed by atoms with Gasteiger partial charge in [0.05, 0.1) is 5.69 Å². The number of carbonyl (C=O) groups excluding carboxylic acids is 1. The van der Waals surface area contributed by atoms with Gasteiger partial charge in [-0.2, -0.15) is 0 Å².